The first-order valence-corrected chi connectivity index (χ1v) is 4.58. The summed E-state index contributed by atoms with van der Waals surface area (Å²) in [6.07, 6.45) is -0.952. The van der Waals surface area contributed by atoms with Crippen molar-refractivity contribution in [2.24, 2.45) is 5.73 Å². The molecule has 0 aliphatic heterocycles. The van der Waals surface area contributed by atoms with Crippen LogP contribution in [0.3, 0.4) is 0 Å². The molecule has 0 spiro atoms. The second kappa shape index (κ2) is 3.70. The third-order valence-corrected chi connectivity index (χ3v) is 3.35. The number of nitrogens with two attached hydrogens (primary N) is 1. The predicted molar refractivity (Wildman–Crippen MR) is 49.6 cm³/mol. The summed E-state index contributed by atoms with van der Waals surface area (Å²) in [5.74, 6) is 0. The number of carbonyl (C=O) groups is 1. The van der Waals surface area contributed by atoms with E-state index in [4.69, 9.17) is 40.5 Å². The van der Waals surface area contributed by atoms with Crippen LogP contribution in [0.25, 0.3) is 0 Å². The second-order valence-corrected chi connectivity index (χ2v) is 4.05. The Kier molecular flexibility index (Phi) is 3.06. The van der Waals surface area contributed by atoms with Gasteiger partial charge in [-0.1, -0.05) is 46.1 Å². The molecule has 1 aromatic rings. The lowest BCUT2D eigenvalue weighted by Gasteiger charge is -1.94. The smallest absolute Gasteiger partial charge is 0.398 e. The van der Waals surface area contributed by atoms with Crippen LogP contribution >= 0.6 is 46.1 Å². The van der Waals surface area contributed by atoms with E-state index in [0.29, 0.717) is 0 Å². The molecule has 0 bridgehead atoms. The quantitative estimate of drug-likeness (QED) is 0.827. The molecule has 0 aliphatic rings. The molecule has 12 heavy (non-hydrogen) atoms. The van der Waals surface area contributed by atoms with E-state index in [0.717, 1.165) is 11.3 Å². The average Bonchev–Trinajstić information content (AvgIpc) is 2.17. The zero-order valence-electron chi connectivity index (χ0n) is 5.44. The van der Waals surface area contributed by atoms with E-state index in [-0.39, 0.29) is 19.4 Å². The highest BCUT2D eigenvalue weighted by atomic mass is 35.5. The summed E-state index contributed by atoms with van der Waals surface area (Å²) in [4.78, 5) is 10.3. The zero-order valence-corrected chi connectivity index (χ0v) is 8.52. The fourth-order valence-corrected chi connectivity index (χ4v) is 2.09. The van der Waals surface area contributed by atoms with Crippen molar-refractivity contribution in [3.05, 3.63) is 14.4 Å². The van der Waals surface area contributed by atoms with Crippen molar-refractivity contribution >= 4 is 52.2 Å². The standard InChI is InChI=1S/C5H2Cl3NO2S/c6-1-2(7)4(11-5(9)10)12-3(1)8/h(H2,9,10). The van der Waals surface area contributed by atoms with Crippen molar-refractivity contribution < 1.29 is 9.53 Å². The molecule has 1 heterocycles. The first-order valence-electron chi connectivity index (χ1n) is 2.63. The lowest BCUT2D eigenvalue weighted by atomic mass is 10.6. The molecule has 0 radical (unpaired) electrons. The summed E-state index contributed by atoms with van der Waals surface area (Å²) >= 11 is 17.8. The molecule has 0 aromatic carbocycles. The molecule has 1 rings (SSSR count). The minimum absolute atomic E-state index is 0.102. The van der Waals surface area contributed by atoms with Crippen LogP contribution < -0.4 is 10.5 Å². The summed E-state index contributed by atoms with van der Waals surface area (Å²) in [6, 6.07) is 0. The largest absolute Gasteiger partial charge is 0.410 e. The maximum absolute atomic E-state index is 10.3. The van der Waals surface area contributed by atoms with Gasteiger partial charge in [-0.2, -0.15) is 0 Å². The minimum atomic E-state index is -0.952. The van der Waals surface area contributed by atoms with Gasteiger partial charge in [0.15, 0.2) is 0 Å². The van der Waals surface area contributed by atoms with E-state index in [1.165, 1.54) is 0 Å². The number of hydrogen-bond donors (Lipinski definition) is 1. The Bertz CT molecular complexity index is 325. The van der Waals surface area contributed by atoms with Gasteiger partial charge < -0.3 is 10.5 Å². The maximum atomic E-state index is 10.3. The fraction of sp³-hybridized carbons (Fsp3) is 0. The lowest BCUT2D eigenvalue weighted by molar-refractivity contribution is 0.212. The van der Waals surface area contributed by atoms with Crippen LogP contribution in [0.4, 0.5) is 4.79 Å². The van der Waals surface area contributed by atoms with Crippen molar-refractivity contribution in [3.63, 3.8) is 0 Å². The highest BCUT2D eigenvalue weighted by Crippen LogP contribution is 2.45. The van der Waals surface area contributed by atoms with Crippen molar-refractivity contribution in [1.82, 2.24) is 0 Å². The van der Waals surface area contributed by atoms with E-state index < -0.39 is 6.09 Å². The van der Waals surface area contributed by atoms with Crippen LogP contribution in [-0.2, 0) is 0 Å². The van der Waals surface area contributed by atoms with Crippen LogP contribution in [0.1, 0.15) is 0 Å². The van der Waals surface area contributed by atoms with Crippen molar-refractivity contribution in [3.8, 4) is 5.06 Å². The van der Waals surface area contributed by atoms with Gasteiger partial charge in [0.25, 0.3) is 0 Å². The van der Waals surface area contributed by atoms with Gasteiger partial charge >= 0.3 is 6.09 Å². The van der Waals surface area contributed by atoms with Gasteiger partial charge in [0.05, 0.1) is 5.02 Å². The van der Waals surface area contributed by atoms with Gasteiger partial charge in [-0.05, 0) is 0 Å². The van der Waals surface area contributed by atoms with Crippen LogP contribution in [0.2, 0.25) is 14.4 Å². The number of amides is 1. The Morgan fingerprint density at radius 3 is 2.25 bits per heavy atom. The molecule has 0 aliphatic carbocycles. The zero-order chi connectivity index (χ0) is 9.30. The molecule has 0 saturated heterocycles. The van der Waals surface area contributed by atoms with E-state index in [9.17, 15) is 4.79 Å². The molecule has 1 aromatic heterocycles. The summed E-state index contributed by atoms with van der Waals surface area (Å²) in [5, 5.41) is 0.379. The first-order chi connectivity index (χ1) is 5.52. The normalized spacial score (nSPS) is 9.92. The molecule has 66 valence electrons. The Balaban J connectivity index is 3.01. The van der Waals surface area contributed by atoms with E-state index in [1.54, 1.807) is 0 Å². The monoisotopic (exact) mass is 245 g/mol. The summed E-state index contributed by atoms with van der Waals surface area (Å²) in [7, 11) is 0. The van der Waals surface area contributed by atoms with E-state index >= 15 is 0 Å². The van der Waals surface area contributed by atoms with Gasteiger partial charge in [0, 0.05) is 0 Å². The van der Waals surface area contributed by atoms with Crippen LogP contribution in [0.15, 0.2) is 0 Å². The number of carbonyl (C=O) groups excluding carboxylic acids is 1. The molecule has 2 N–H and O–H groups in total. The number of hydrogen-bond acceptors (Lipinski definition) is 3. The van der Waals surface area contributed by atoms with Crippen molar-refractivity contribution in [1.29, 1.82) is 0 Å². The van der Waals surface area contributed by atoms with Gasteiger partial charge in [-0.15, -0.1) is 0 Å². The Morgan fingerprint density at radius 2 is 1.92 bits per heavy atom. The van der Waals surface area contributed by atoms with Crippen LogP contribution in [0.5, 0.6) is 5.06 Å². The first kappa shape index (κ1) is 9.92. The predicted octanol–water partition coefficient (Wildman–Crippen LogP) is 3.17. The Labute approximate surface area is 87.0 Å². The minimum Gasteiger partial charge on any atom is -0.398 e. The number of rotatable bonds is 1. The van der Waals surface area contributed by atoms with Crippen molar-refractivity contribution in [2.45, 2.75) is 0 Å². The molecular formula is C5H2Cl3NO2S. The summed E-state index contributed by atoms with van der Waals surface area (Å²) in [6.45, 7) is 0. The third kappa shape index (κ3) is 1.95. The van der Waals surface area contributed by atoms with Crippen molar-refractivity contribution in [2.75, 3.05) is 0 Å². The SMILES string of the molecule is NC(=O)Oc1sc(Cl)c(Cl)c1Cl. The Hall–Kier alpha value is -0.160. The third-order valence-electron chi connectivity index (χ3n) is 0.920. The van der Waals surface area contributed by atoms with Gasteiger partial charge in [-0.3, -0.25) is 0 Å². The fourth-order valence-electron chi connectivity index (χ4n) is 0.504. The van der Waals surface area contributed by atoms with E-state index in [1.807, 2.05) is 0 Å². The topological polar surface area (TPSA) is 52.3 Å². The van der Waals surface area contributed by atoms with Gasteiger partial charge in [0.1, 0.15) is 9.36 Å². The molecule has 0 fully saturated rings. The number of thiophene rings is 1. The highest BCUT2D eigenvalue weighted by molar-refractivity contribution is 7.19. The van der Waals surface area contributed by atoms with Crippen LogP contribution in [-0.4, -0.2) is 6.09 Å². The van der Waals surface area contributed by atoms with Gasteiger partial charge in [0.2, 0.25) is 5.06 Å². The van der Waals surface area contributed by atoms with E-state index in [2.05, 4.69) is 4.74 Å². The number of ether oxygens (including phenoxy) is 1. The lowest BCUT2D eigenvalue weighted by Crippen LogP contribution is -2.15. The van der Waals surface area contributed by atoms with Gasteiger partial charge in [-0.25, -0.2) is 4.79 Å². The molecule has 7 heteroatoms. The molecule has 0 atom stereocenters. The molecule has 0 saturated carbocycles. The molecular weight excluding hydrogens is 244 g/mol. The molecule has 0 unspecified atom stereocenters. The number of primary amides is 1. The Morgan fingerprint density at radius 1 is 1.33 bits per heavy atom. The van der Waals surface area contributed by atoms with Crippen LogP contribution in [0, 0.1) is 0 Å². The summed E-state index contributed by atoms with van der Waals surface area (Å²) in [5.41, 5.74) is 4.75. The summed E-state index contributed by atoms with van der Waals surface area (Å²) < 4.78 is 4.77. The highest BCUT2D eigenvalue weighted by Gasteiger charge is 2.16. The second-order valence-electron chi connectivity index (χ2n) is 1.71. The number of halogens is 3. The molecule has 1 amide bonds. The maximum Gasteiger partial charge on any atom is 0.410 e. The molecule has 3 nitrogen and oxygen atoms in total. The average molecular weight is 247 g/mol.